The Balaban J connectivity index is 2.80. The van der Waals surface area contributed by atoms with Crippen LogP contribution in [0, 0.1) is 0 Å². The van der Waals surface area contributed by atoms with E-state index in [9.17, 15) is 0 Å². The summed E-state index contributed by atoms with van der Waals surface area (Å²) >= 11 is 0. The molecule has 0 spiro atoms. The van der Waals surface area contributed by atoms with Gasteiger partial charge in [-0.2, -0.15) is 0 Å². The Morgan fingerprint density at radius 3 is 2.69 bits per heavy atom. The summed E-state index contributed by atoms with van der Waals surface area (Å²) < 4.78 is 0. The fourth-order valence-corrected chi connectivity index (χ4v) is 1.36. The van der Waals surface area contributed by atoms with Crippen LogP contribution in [0.1, 0.15) is 38.7 Å². The Bertz CT molecular complexity index is 263. The molecule has 1 heterocycles. The first kappa shape index (κ1) is 10.3. The Labute approximate surface area is 79.8 Å². The largest absolute Gasteiger partial charge is 0.345 e. The molecule has 3 N–H and O–H groups in total. The first-order valence-electron chi connectivity index (χ1n) is 4.84. The standard InChI is InChI=1S/C10H19N3/c1-4-8-7-12-9(13-8)10(2,3)5-6-11/h7H,4-6,11H2,1-3H3,(H,12,13). The molecule has 13 heavy (non-hydrogen) atoms. The van der Waals surface area contributed by atoms with Crippen LogP contribution in [-0.4, -0.2) is 16.5 Å². The van der Waals surface area contributed by atoms with E-state index in [1.54, 1.807) is 0 Å². The predicted molar refractivity (Wildman–Crippen MR) is 54.7 cm³/mol. The molecule has 0 bridgehead atoms. The molecule has 0 amide bonds. The van der Waals surface area contributed by atoms with Crippen molar-refractivity contribution in [2.75, 3.05) is 6.54 Å². The zero-order chi connectivity index (χ0) is 9.90. The van der Waals surface area contributed by atoms with Crippen LogP contribution >= 0.6 is 0 Å². The molecule has 0 saturated heterocycles. The SMILES string of the molecule is CCc1cnc(C(C)(C)CCN)[nH]1. The maximum atomic E-state index is 5.55. The Kier molecular flexibility index (Phi) is 3.09. The number of H-pyrrole nitrogens is 1. The van der Waals surface area contributed by atoms with Crippen molar-refractivity contribution in [2.45, 2.75) is 39.0 Å². The van der Waals surface area contributed by atoms with Gasteiger partial charge in [0.25, 0.3) is 0 Å². The van der Waals surface area contributed by atoms with Crippen molar-refractivity contribution in [3.05, 3.63) is 17.7 Å². The van der Waals surface area contributed by atoms with Gasteiger partial charge in [-0.1, -0.05) is 20.8 Å². The number of aryl methyl sites for hydroxylation is 1. The third-order valence-electron chi connectivity index (χ3n) is 2.42. The quantitative estimate of drug-likeness (QED) is 0.741. The maximum Gasteiger partial charge on any atom is 0.111 e. The number of imidazole rings is 1. The molecule has 74 valence electrons. The lowest BCUT2D eigenvalue weighted by Crippen LogP contribution is -2.23. The van der Waals surface area contributed by atoms with Crippen molar-refractivity contribution >= 4 is 0 Å². The van der Waals surface area contributed by atoms with Crippen LogP contribution < -0.4 is 5.73 Å². The number of rotatable bonds is 4. The molecule has 1 aromatic rings. The molecule has 3 heteroatoms. The number of hydrogen-bond donors (Lipinski definition) is 2. The van der Waals surface area contributed by atoms with Crippen molar-refractivity contribution in [3.8, 4) is 0 Å². The fourth-order valence-electron chi connectivity index (χ4n) is 1.36. The van der Waals surface area contributed by atoms with E-state index in [0.29, 0.717) is 6.54 Å². The summed E-state index contributed by atoms with van der Waals surface area (Å²) in [4.78, 5) is 7.69. The van der Waals surface area contributed by atoms with Gasteiger partial charge in [0.1, 0.15) is 5.82 Å². The average molecular weight is 181 g/mol. The molecular formula is C10H19N3. The first-order chi connectivity index (χ1) is 6.10. The Morgan fingerprint density at radius 2 is 2.23 bits per heavy atom. The third-order valence-corrected chi connectivity index (χ3v) is 2.42. The van der Waals surface area contributed by atoms with E-state index in [0.717, 1.165) is 18.7 Å². The number of nitrogens with two attached hydrogens (primary N) is 1. The van der Waals surface area contributed by atoms with Crippen LogP contribution in [0.2, 0.25) is 0 Å². The second kappa shape index (κ2) is 3.92. The maximum absolute atomic E-state index is 5.55. The summed E-state index contributed by atoms with van der Waals surface area (Å²) in [7, 11) is 0. The molecule has 1 aromatic heterocycles. The normalized spacial score (nSPS) is 12.0. The summed E-state index contributed by atoms with van der Waals surface area (Å²) in [5, 5.41) is 0. The lowest BCUT2D eigenvalue weighted by Gasteiger charge is -2.20. The highest BCUT2D eigenvalue weighted by Crippen LogP contribution is 2.23. The van der Waals surface area contributed by atoms with Gasteiger partial charge in [-0.05, 0) is 19.4 Å². The van der Waals surface area contributed by atoms with Gasteiger partial charge in [0.2, 0.25) is 0 Å². The minimum absolute atomic E-state index is 0.0716. The van der Waals surface area contributed by atoms with Crippen LogP contribution in [-0.2, 0) is 11.8 Å². The van der Waals surface area contributed by atoms with E-state index in [1.807, 2.05) is 6.20 Å². The van der Waals surface area contributed by atoms with Crippen molar-refractivity contribution in [1.82, 2.24) is 9.97 Å². The highest BCUT2D eigenvalue weighted by molar-refractivity contribution is 5.09. The monoisotopic (exact) mass is 181 g/mol. The number of nitrogens with zero attached hydrogens (tertiary/aromatic N) is 1. The molecule has 0 aliphatic carbocycles. The molecule has 0 fully saturated rings. The topological polar surface area (TPSA) is 54.7 Å². The lowest BCUT2D eigenvalue weighted by atomic mass is 9.88. The predicted octanol–water partition coefficient (Wildman–Crippen LogP) is 1.60. The fraction of sp³-hybridized carbons (Fsp3) is 0.700. The molecule has 0 radical (unpaired) electrons. The van der Waals surface area contributed by atoms with Crippen molar-refractivity contribution in [2.24, 2.45) is 5.73 Å². The summed E-state index contributed by atoms with van der Waals surface area (Å²) in [5.74, 6) is 1.05. The summed E-state index contributed by atoms with van der Waals surface area (Å²) in [6.07, 6.45) is 3.88. The van der Waals surface area contributed by atoms with Gasteiger partial charge in [0, 0.05) is 17.3 Å². The van der Waals surface area contributed by atoms with Gasteiger partial charge >= 0.3 is 0 Å². The van der Waals surface area contributed by atoms with E-state index in [4.69, 9.17) is 5.73 Å². The number of nitrogens with one attached hydrogen (secondary N) is 1. The lowest BCUT2D eigenvalue weighted by molar-refractivity contribution is 0.461. The van der Waals surface area contributed by atoms with Crippen molar-refractivity contribution in [1.29, 1.82) is 0 Å². The first-order valence-corrected chi connectivity index (χ1v) is 4.84. The van der Waals surface area contributed by atoms with Crippen molar-refractivity contribution < 1.29 is 0 Å². The second-order valence-electron chi connectivity index (χ2n) is 4.03. The highest BCUT2D eigenvalue weighted by Gasteiger charge is 2.22. The minimum Gasteiger partial charge on any atom is -0.345 e. The van der Waals surface area contributed by atoms with Crippen LogP contribution in [0.25, 0.3) is 0 Å². The van der Waals surface area contributed by atoms with Gasteiger partial charge in [-0.15, -0.1) is 0 Å². The van der Waals surface area contributed by atoms with Crippen LogP contribution in [0.3, 0.4) is 0 Å². The molecule has 3 nitrogen and oxygen atoms in total. The van der Waals surface area contributed by atoms with E-state index in [1.165, 1.54) is 5.69 Å². The molecule has 0 unspecified atom stereocenters. The molecule has 0 saturated carbocycles. The zero-order valence-electron chi connectivity index (χ0n) is 8.72. The molecule has 0 aliphatic rings. The average Bonchev–Trinajstić information content (AvgIpc) is 2.52. The van der Waals surface area contributed by atoms with Crippen LogP contribution in [0.15, 0.2) is 6.20 Å². The van der Waals surface area contributed by atoms with Gasteiger partial charge < -0.3 is 10.7 Å². The summed E-state index contributed by atoms with van der Waals surface area (Å²) in [5.41, 5.74) is 6.82. The number of hydrogen-bond acceptors (Lipinski definition) is 2. The van der Waals surface area contributed by atoms with Crippen LogP contribution in [0.4, 0.5) is 0 Å². The molecule has 0 aliphatic heterocycles. The van der Waals surface area contributed by atoms with Gasteiger partial charge in [-0.3, -0.25) is 0 Å². The molecule has 1 rings (SSSR count). The Hall–Kier alpha value is -0.830. The van der Waals surface area contributed by atoms with Gasteiger partial charge in [-0.25, -0.2) is 4.98 Å². The smallest absolute Gasteiger partial charge is 0.111 e. The molecular weight excluding hydrogens is 162 g/mol. The van der Waals surface area contributed by atoms with Crippen LogP contribution in [0.5, 0.6) is 0 Å². The number of aromatic nitrogens is 2. The van der Waals surface area contributed by atoms with E-state index in [-0.39, 0.29) is 5.41 Å². The second-order valence-corrected chi connectivity index (χ2v) is 4.03. The van der Waals surface area contributed by atoms with E-state index < -0.39 is 0 Å². The van der Waals surface area contributed by atoms with Gasteiger partial charge in [0.15, 0.2) is 0 Å². The highest BCUT2D eigenvalue weighted by atomic mass is 14.9. The Morgan fingerprint density at radius 1 is 1.54 bits per heavy atom. The molecule has 0 atom stereocenters. The van der Waals surface area contributed by atoms with E-state index >= 15 is 0 Å². The zero-order valence-corrected chi connectivity index (χ0v) is 8.72. The van der Waals surface area contributed by atoms with Crippen molar-refractivity contribution in [3.63, 3.8) is 0 Å². The minimum atomic E-state index is 0.0716. The summed E-state index contributed by atoms with van der Waals surface area (Å²) in [6, 6.07) is 0. The van der Waals surface area contributed by atoms with Gasteiger partial charge in [0.05, 0.1) is 0 Å². The number of aromatic amines is 1. The summed E-state index contributed by atoms with van der Waals surface area (Å²) in [6.45, 7) is 7.15. The van der Waals surface area contributed by atoms with E-state index in [2.05, 4.69) is 30.7 Å². The third kappa shape index (κ3) is 2.31. The molecule has 0 aromatic carbocycles.